The average molecular weight is 462 g/mol. The Labute approximate surface area is 191 Å². The molecule has 1 unspecified atom stereocenters. The number of rotatable bonds is 3. The Morgan fingerprint density at radius 1 is 1.25 bits per heavy atom. The van der Waals surface area contributed by atoms with Crippen LogP contribution in [0.3, 0.4) is 0 Å². The second-order valence-corrected chi connectivity index (χ2v) is 8.21. The number of nitrogens with one attached hydrogen (secondary N) is 2. The number of fused-ring (bicyclic) bond motifs is 4. The number of aromatic nitrogens is 5. The van der Waals surface area contributed by atoms with Crippen LogP contribution in [-0.2, 0) is 0 Å². The van der Waals surface area contributed by atoms with E-state index < -0.39 is 5.82 Å². The molecule has 1 atom stereocenters. The van der Waals surface area contributed by atoms with Gasteiger partial charge in [-0.15, -0.1) is 0 Å². The highest BCUT2D eigenvalue weighted by atomic mass is 35.5. The lowest BCUT2D eigenvalue weighted by atomic mass is 9.64. The molecule has 2 bridgehead atoms. The summed E-state index contributed by atoms with van der Waals surface area (Å²) in [4.78, 5) is 19.0. The van der Waals surface area contributed by atoms with E-state index in [1.165, 1.54) is 45.2 Å². The third-order valence-electron chi connectivity index (χ3n) is 6.05. The summed E-state index contributed by atoms with van der Waals surface area (Å²) in [5, 5.41) is 12.7. The predicted octanol–water partition coefficient (Wildman–Crippen LogP) is 4.71. The third kappa shape index (κ3) is 5.34. The number of halogens is 2. The van der Waals surface area contributed by atoms with Crippen molar-refractivity contribution >= 4 is 28.6 Å². The first-order valence-corrected chi connectivity index (χ1v) is 11.0. The van der Waals surface area contributed by atoms with Crippen molar-refractivity contribution in [3.8, 4) is 11.4 Å². The molecule has 172 valence electrons. The molecule has 32 heavy (non-hydrogen) atoms. The van der Waals surface area contributed by atoms with E-state index in [0.29, 0.717) is 40.0 Å². The van der Waals surface area contributed by atoms with E-state index in [4.69, 9.17) is 11.6 Å². The van der Waals surface area contributed by atoms with Crippen molar-refractivity contribution in [1.29, 1.82) is 0 Å². The van der Waals surface area contributed by atoms with Gasteiger partial charge < -0.3 is 21.1 Å². The van der Waals surface area contributed by atoms with E-state index in [0.717, 1.165) is 18.0 Å². The summed E-state index contributed by atoms with van der Waals surface area (Å²) >= 11 is 5.83. The third-order valence-corrected chi connectivity index (χ3v) is 6.22. The average Bonchev–Trinajstić information content (AvgIpc) is 3.24. The van der Waals surface area contributed by atoms with Crippen molar-refractivity contribution in [2.24, 2.45) is 23.5 Å². The summed E-state index contributed by atoms with van der Waals surface area (Å²) in [6.45, 7) is 3.65. The Kier molecular flexibility index (Phi) is 7.98. The molecule has 0 radical (unpaired) electrons. The van der Waals surface area contributed by atoms with Gasteiger partial charge in [0.15, 0.2) is 5.82 Å². The second kappa shape index (κ2) is 10.7. The molecular formula is C22H29ClFN7O. The van der Waals surface area contributed by atoms with E-state index in [1.54, 1.807) is 13.2 Å². The van der Waals surface area contributed by atoms with Crippen LogP contribution in [-0.4, -0.2) is 44.1 Å². The Hall–Kier alpha value is -2.78. The number of anilines is 1. The molecule has 3 aromatic rings. The minimum absolute atomic E-state index is 0.0630. The highest BCUT2D eigenvalue weighted by molar-refractivity contribution is 6.28. The van der Waals surface area contributed by atoms with Crippen LogP contribution in [0, 0.1) is 23.6 Å². The molecule has 8 nitrogen and oxygen atoms in total. The molecule has 0 amide bonds. The first kappa shape index (κ1) is 23.9. The number of nitrogens with two attached hydrogens (primary N) is 1. The molecule has 3 heterocycles. The smallest absolute Gasteiger partial charge is 0.227 e. The van der Waals surface area contributed by atoms with E-state index in [2.05, 4.69) is 42.5 Å². The largest absolute Gasteiger partial charge is 0.513 e. The first-order chi connectivity index (χ1) is 15.4. The van der Waals surface area contributed by atoms with E-state index in [1.807, 2.05) is 0 Å². The van der Waals surface area contributed by atoms with Gasteiger partial charge in [0, 0.05) is 30.1 Å². The molecule has 3 saturated carbocycles. The Bertz CT molecular complexity index is 1070. The van der Waals surface area contributed by atoms with Crippen molar-refractivity contribution < 1.29 is 9.50 Å². The zero-order chi connectivity index (χ0) is 23.3. The number of nitrogens with zero attached hydrogens (tertiary/aromatic N) is 4. The van der Waals surface area contributed by atoms with E-state index in [-0.39, 0.29) is 5.28 Å². The Morgan fingerprint density at radius 2 is 1.97 bits per heavy atom. The highest BCUT2D eigenvalue weighted by Crippen LogP contribution is 2.46. The molecule has 10 heteroatoms. The van der Waals surface area contributed by atoms with Crippen molar-refractivity contribution in [2.45, 2.75) is 32.1 Å². The summed E-state index contributed by atoms with van der Waals surface area (Å²) in [6, 6.07) is 1.37. The summed E-state index contributed by atoms with van der Waals surface area (Å²) in [5.74, 6) is 2.81. The fourth-order valence-electron chi connectivity index (χ4n) is 4.53. The molecule has 6 rings (SSSR count). The molecule has 0 saturated heterocycles. The molecule has 5 N–H and O–H groups in total. The molecule has 0 aromatic carbocycles. The molecule has 3 aliphatic rings. The number of hydrogen-bond acceptors (Lipinski definition) is 7. The van der Waals surface area contributed by atoms with Crippen LogP contribution in [0.2, 0.25) is 5.28 Å². The van der Waals surface area contributed by atoms with Crippen molar-refractivity contribution in [3.63, 3.8) is 0 Å². The maximum Gasteiger partial charge on any atom is 0.227 e. The van der Waals surface area contributed by atoms with E-state index in [9.17, 15) is 9.50 Å². The van der Waals surface area contributed by atoms with Crippen molar-refractivity contribution in [2.75, 3.05) is 19.4 Å². The molecular weight excluding hydrogens is 433 g/mol. The minimum atomic E-state index is -0.428. The SMILES string of the molecule is C=C(O)C1CC2CCC1CC2.CN.CNc1nc(Cl)nc(-c2c[nH]c3ncc(F)cc23)n1. The number of aliphatic hydroxyl groups excluding tert-OH is 1. The van der Waals surface area contributed by atoms with Crippen molar-refractivity contribution in [1.82, 2.24) is 24.9 Å². The lowest BCUT2D eigenvalue weighted by molar-refractivity contribution is 0.0924. The quantitative estimate of drug-likeness (QED) is 0.416. The van der Waals surface area contributed by atoms with Crippen LogP contribution >= 0.6 is 11.6 Å². The molecule has 3 fully saturated rings. The highest BCUT2D eigenvalue weighted by Gasteiger charge is 2.36. The summed E-state index contributed by atoms with van der Waals surface area (Å²) in [5.41, 5.74) is 5.67. The fraction of sp³-hybridized carbons (Fsp3) is 0.455. The van der Waals surface area contributed by atoms with Crippen LogP contribution in [0.4, 0.5) is 10.3 Å². The number of allylic oxidation sites excluding steroid dienone is 1. The van der Waals surface area contributed by atoms with Gasteiger partial charge in [-0.3, -0.25) is 0 Å². The number of pyridine rings is 1. The molecule has 0 spiro atoms. The normalized spacial score (nSPS) is 21.2. The first-order valence-electron chi connectivity index (χ1n) is 10.6. The number of hydrogen-bond donors (Lipinski definition) is 4. The van der Waals surface area contributed by atoms with Gasteiger partial charge in [-0.05, 0) is 55.8 Å². The summed E-state index contributed by atoms with van der Waals surface area (Å²) in [6.07, 6.45) is 9.46. The van der Waals surface area contributed by atoms with Gasteiger partial charge in [-0.1, -0.05) is 19.4 Å². The van der Waals surface area contributed by atoms with Gasteiger partial charge in [0.05, 0.1) is 12.0 Å². The number of aromatic amines is 1. The summed E-state index contributed by atoms with van der Waals surface area (Å²) in [7, 11) is 3.17. The maximum atomic E-state index is 13.3. The number of aliphatic hydroxyl groups is 1. The van der Waals surface area contributed by atoms with Gasteiger partial charge in [0.1, 0.15) is 11.5 Å². The topological polar surface area (TPSA) is 126 Å². The van der Waals surface area contributed by atoms with Crippen LogP contribution < -0.4 is 11.1 Å². The van der Waals surface area contributed by atoms with Gasteiger partial charge in [-0.25, -0.2) is 9.37 Å². The predicted molar refractivity (Wildman–Crippen MR) is 125 cm³/mol. The lowest BCUT2D eigenvalue weighted by Crippen LogP contribution is -2.31. The van der Waals surface area contributed by atoms with Crippen LogP contribution in [0.15, 0.2) is 30.8 Å². The van der Waals surface area contributed by atoms with Crippen LogP contribution in [0.5, 0.6) is 0 Å². The van der Waals surface area contributed by atoms with Gasteiger partial charge in [0.2, 0.25) is 11.2 Å². The summed E-state index contributed by atoms with van der Waals surface area (Å²) < 4.78 is 13.3. The number of H-pyrrole nitrogens is 1. The molecule has 3 aliphatic carbocycles. The van der Waals surface area contributed by atoms with Crippen molar-refractivity contribution in [3.05, 3.63) is 41.9 Å². The van der Waals surface area contributed by atoms with Gasteiger partial charge in [0.25, 0.3) is 0 Å². The van der Waals surface area contributed by atoms with Crippen LogP contribution in [0.25, 0.3) is 22.4 Å². The molecule has 0 aliphatic heterocycles. The zero-order valence-electron chi connectivity index (χ0n) is 18.3. The lowest BCUT2D eigenvalue weighted by Gasteiger charge is -2.41. The zero-order valence-corrected chi connectivity index (χ0v) is 19.0. The second-order valence-electron chi connectivity index (χ2n) is 7.87. The Morgan fingerprint density at radius 3 is 2.53 bits per heavy atom. The van der Waals surface area contributed by atoms with E-state index >= 15 is 0 Å². The van der Waals surface area contributed by atoms with Gasteiger partial charge >= 0.3 is 0 Å². The Balaban J connectivity index is 0.000000189. The van der Waals surface area contributed by atoms with Gasteiger partial charge in [-0.2, -0.15) is 15.0 Å². The monoisotopic (exact) mass is 461 g/mol. The minimum Gasteiger partial charge on any atom is -0.513 e. The fourth-order valence-corrected chi connectivity index (χ4v) is 4.69. The molecule has 3 aromatic heterocycles. The van der Waals surface area contributed by atoms with Crippen LogP contribution in [0.1, 0.15) is 32.1 Å². The standard InChI is InChI=1S/C11H8ClFN6.C10H16O.CH5N/c1-14-11-18-9(17-10(12)19-11)7-4-16-8-6(7)2-5(13)3-15-8;1-7(11)10-6-8-2-4-9(10)5-3-8;1-2/h2-4H,1H3,(H,15,16)(H,14,17,18,19);8-11H,1-6H2;2H2,1H3. The maximum absolute atomic E-state index is 13.3.